The van der Waals surface area contributed by atoms with Gasteiger partial charge in [0, 0.05) is 21.0 Å². The lowest BCUT2D eigenvalue weighted by atomic mass is 10.1. The Hall–Kier alpha value is -1.26. The van der Waals surface area contributed by atoms with Crippen LogP contribution in [0.5, 0.6) is 0 Å². The van der Waals surface area contributed by atoms with E-state index in [1.807, 2.05) is 32.0 Å². The molecule has 3 nitrogen and oxygen atoms in total. The van der Waals surface area contributed by atoms with Gasteiger partial charge in [0.15, 0.2) is 0 Å². The van der Waals surface area contributed by atoms with E-state index in [4.69, 9.17) is 16.7 Å². The summed E-state index contributed by atoms with van der Waals surface area (Å²) in [6.07, 6.45) is 0. The largest absolute Gasteiger partial charge is 0.481 e. The first kappa shape index (κ1) is 13.2. The molecule has 1 aromatic carbocycles. The van der Waals surface area contributed by atoms with Gasteiger partial charge in [-0.05, 0) is 37.6 Å². The second-order valence-electron chi connectivity index (χ2n) is 4.06. The number of carboxylic acid groups (broad SMARTS) is 1. The predicted octanol–water partition coefficient (Wildman–Crippen LogP) is 3.68. The molecule has 2 rings (SSSR count). The molecule has 2 aromatic rings. The molecular weight excluding hydrogens is 270 g/mol. The number of pyridine rings is 1. The van der Waals surface area contributed by atoms with E-state index in [1.165, 1.54) is 11.8 Å². The Bertz CT molecular complexity index is 628. The number of rotatable bonds is 3. The molecule has 0 aliphatic carbocycles. The number of aromatic nitrogens is 1. The first-order chi connectivity index (χ1) is 8.47. The van der Waals surface area contributed by atoms with Gasteiger partial charge in [0.1, 0.15) is 0 Å². The molecule has 18 heavy (non-hydrogen) atoms. The van der Waals surface area contributed by atoms with E-state index in [0.29, 0.717) is 5.02 Å². The van der Waals surface area contributed by atoms with Crippen molar-refractivity contribution in [2.45, 2.75) is 18.7 Å². The number of halogens is 1. The van der Waals surface area contributed by atoms with Crippen LogP contribution in [0.25, 0.3) is 10.9 Å². The van der Waals surface area contributed by atoms with E-state index in [2.05, 4.69) is 4.98 Å². The van der Waals surface area contributed by atoms with Crippen molar-refractivity contribution in [2.75, 3.05) is 5.75 Å². The van der Waals surface area contributed by atoms with Crippen LogP contribution in [0.4, 0.5) is 0 Å². The SMILES string of the molecule is Cc1cc(SCC(=O)O)c2cc(C)c(Cl)cc2n1. The third-order valence-electron chi connectivity index (χ3n) is 2.53. The minimum Gasteiger partial charge on any atom is -0.481 e. The fraction of sp³-hybridized carbons (Fsp3) is 0.231. The zero-order valence-corrected chi connectivity index (χ0v) is 11.6. The molecule has 0 saturated carbocycles. The number of fused-ring (bicyclic) bond motifs is 1. The fourth-order valence-electron chi connectivity index (χ4n) is 1.71. The molecule has 1 aromatic heterocycles. The third kappa shape index (κ3) is 2.76. The lowest BCUT2D eigenvalue weighted by Crippen LogP contribution is -1.98. The van der Waals surface area contributed by atoms with Crippen LogP contribution in [0.2, 0.25) is 5.02 Å². The van der Waals surface area contributed by atoms with Crippen LogP contribution >= 0.6 is 23.4 Å². The number of benzene rings is 1. The minimum absolute atomic E-state index is 0.0419. The smallest absolute Gasteiger partial charge is 0.313 e. The number of nitrogens with zero attached hydrogens (tertiary/aromatic N) is 1. The minimum atomic E-state index is -0.826. The average Bonchev–Trinajstić information content (AvgIpc) is 2.28. The Morgan fingerprint density at radius 2 is 2.11 bits per heavy atom. The number of aliphatic carboxylic acids is 1. The molecule has 0 radical (unpaired) electrons. The molecule has 0 aliphatic rings. The van der Waals surface area contributed by atoms with Crippen LogP contribution in [-0.2, 0) is 4.79 Å². The van der Waals surface area contributed by atoms with E-state index < -0.39 is 5.97 Å². The monoisotopic (exact) mass is 281 g/mol. The van der Waals surface area contributed by atoms with E-state index in [-0.39, 0.29) is 5.75 Å². The van der Waals surface area contributed by atoms with Crippen molar-refractivity contribution >= 4 is 40.2 Å². The van der Waals surface area contributed by atoms with Gasteiger partial charge in [-0.15, -0.1) is 11.8 Å². The van der Waals surface area contributed by atoms with Crippen molar-refractivity contribution in [1.29, 1.82) is 0 Å². The normalized spacial score (nSPS) is 10.8. The lowest BCUT2D eigenvalue weighted by molar-refractivity contribution is -0.133. The van der Waals surface area contributed by atoms with Gasteiger partial charge in [-0.25, -0.2) is 0 Å². The van der Waals surface area contributed by atoms with Crippen LogP contribution in [0.1, 0.15) is 11.3 Å². The number of hydrogen-bond acceptors (Lipinski definition) is 3. The van der Waals surface area contributed by atoms with Crippen molar-refractivity contribution in [2.24, 2.45) is 0 Å². The molecule has 1 N–H and O–H groups in total. The molecule has 0 amide bonds. The Morgan fingerprint density at radius 3 is 2.78 bits per heavy atom. The van der Waals surface area contributed by atoms with Gasteiger partial charge in [-0.2, -0.15) is 0 Å². The van der Waals surface area contributed by atoms with E-state index in [9.17, 15) is 4.79 Å². The molecule has 0 aliphatic heterocycles. The quantitative estimate of drug-likeness (QED) is 0.872. The second kappa shape index (κ2) is 5.16. The van der Waals surface area contributed by atoms with Crippen LogP contribution < -0.4 is 0 Å². The highest BCUT2D eigenvalue weighted by Gasteiger charge is 2.09. The van der Waals surface area contributed by atoms with Crippen molar-refractivity contribution in [3.05, 3.63) is 34.5 Å². The summed E-state index contributed by atoms with van der Waals surface area (Å²) >= 11 is 7.38. The van der Waals surface area contributed by atoms with Crippen LogP contribution in [0.15, 0.2) is 23.1 Å². The molecule has 1 heterocycles. The average molecular weight is 282 g/mol. The molecule has 5 heteroatoms. The first-order valence-corrected chi connectivity index (χ1v) is 6.76. The summed E-state index contributed by atoms with van der Waals surface area (Å²) in [4.78, 5) is 16.0. The van der Waals surface area contributed by atoms with Crippen molar-refractivity contribution in [3.8, 4) is 0 Å². The molecule has 0 unspecified atom stereocenters. The van der Waals surface area contributed by atoms with Gasteiger partial charge in [-0.1, -0.05) is 11.6 Å². The number of carboxylic acids is 1. The maximum atomic E-state index is 10.7. The molecule has 0 spiro atoms. The predicted molar refractivity (Wildman–Crippen MR) is 74.6 cm³/mol. The molecule has 0 saturated heterocycles. The topological polar surface area (TPSA) is 50.2 Å². The summed E-state index contributed by atoms with van der Waals surface area (Å²) in [5.74, 6) is -0.784. The number of aryl methyl sites for hydroxylation is 2. The third-order valence-corrected chi connectivity index (χ3v) is 3.98. The Kier molecular flexibility index (Phi) is 3.78. The van der Waals surface area contributed by atoms with Crippen molar-refractivity contribution in [1.82, 2.24) is 4.98 Å². The Morgan fingerprint density at radius 1 is 1.39 bits per heavy atom. The first-order valence-electron chi connectivity index (χ1n) is 5.39. The van der Waals surface area contributed by atoms with Crippen LogP contribution in [0, 0.1) is 13.8 Å². The fourth-order valence-corrected chi connectivity index (χ4v) is 2.72. The van der Waals surface area contributed by atoms with Gasteiger partial charge in [-0.3, -0.25) is 9.78 Å². The molecule has 94 valence electrons. The molecular formula is C13H12ClNO2S. The summed E-state index contributed by atoms with van der Waals surface area (Å²) in [6.45, 7) is 3.81. The highest BCUT2D eigenvalue weighted by molar-refractivity contribution is 8.00. The maximum absolute atomic E-state index is 10.7. The number of hydrogen-bond donors (Lipinski definition) is 1. The summed E-state index contributed by atoms with van der Waals surface area (Å²) in [5.41, 5.74) is 2.63. The van der Waals surface area contributed by atoms with Crippen molar-refractivity contribution < 1.29 is 9.90 Å². The summed E-state index contributed by atoms with van der Waals surface area (Å²) in [5, 5.41) is 10.4. The lowest BCUT2D eigenvalue weighted by Gasteiger charge is -2.08. The molecule has 0 fully saturated rings. The molecule has 0 bridgehead atoms. The van der Waals surface area contributed by atoms with Gasteiger partial charge < -0.3 is 5.11 Å². The van der Waals surface area contributed by atoms with Crippen molar-refractivity contribution in [3.63, 3.8) is 0 Å². The van der Waals surface area contributed by atoms with Gasteiger partial charge in [0.05, 0.1) is 11.3 Å². The standard InChI is InChI=1S/C13H12ClNO2S/c1-7-3-9-11(5-10(7)14)15-8(2)4-12(9)18-6-13(16)17/h3-5H,6H2,1-2H3,(H,16,17). The number of thioether (sulfide) groups is 1. The highest BCUT2D eigenvalue weighted by atomic mass is 35.5. The summed E-state index contributed by atoms with van der Waals surface area (Å²) < 4.78 is 0. The maximum Gasteiger partial charge on any atom is 0.313 e. The van der Waals surface area contributed by atoms with Crippen LogP contribution in [-0.4, -0.2) is 21.8 Å². The summed E-state index contributed by atoms with van der Waals surface area (Å²) in [6, 6.07) is 5.68. The van der Waals surface area contributed by atoms with Gasteiger partial charge in [0.25, 0.3) is 0 Å². The zero-order chi connectivity index (χ0) is 13.3. The van der Waals surface area contributed by atoms with E-state index in [1.54, 1.807) is 0 Å². The van der Waals surface area contributed by atoms with E-state index in [0.717, 1.165) is 27.1 Å². The second-order valence-corrected chi connectivity index (χ2v) is 5.49. The van der Waals surface area contributed by atoms with Crippen LogP contribution in [0.3, 0.4) is 0 Å². The Labute approximate surface area is 114 Å². The molecule has 0 atom stereocenters. The van der Waals surface area contributed by atoms with Gasteiger partial charge in [0.2, 0.25) is 0 Å². The van der Waals surface area contributed by atoms with Gasteiger partial charge >= 0.3 is 5.97 Å². The Balaban J connectivity index is 2.56. The van der Waals surface area contributed by atoms with E-state index >= 15 is 0 Å². The highest BCUT2D eigenvalue weighted by Crippen LogP contribution is 2.31. The number of carbonyl (C=O) groups is 1. The zero-order valence-electron chi connectivity index (χ0n) is 10.0. The summed E-state index contributed by atoms with van der Waals surface area (Å²) in [7, 11) is 0.